The van der Waals surface area contributed by atoms with Crippen molar-refractivity contribution in [3.05, 3.63) is 71.6 Å². The molecule has 0 unspecified atom stereocenters. The fraction of sp³-hybridized carbons (Fsp3) is 0.111. The highest BCUT2D eigenvalue weighted by atomic mass is 19.3. The molecule has 0 fully saturated rings. The van der Waals surface area contributed by atoms with Crippen LogP contribution in [-0.2, 0) is 6.42 Å². The number of ether oxygens (including phenoxy) is 1. The van der Waals surface area contributed by atoms with Crippen molar-refractivity contribution >= 4 is 18.4 Å². The van der Waals surface area contributed by atoms with Crippen LogP contribution in [0.2, 0.25) is 0 Å². The van der Waals surface area contributed by atoms with Crippen LogP contribution in [0.4, 0.5) is 18.9 Å². The summed E-state index contributed by atoms with van der Waals surface area (Å²) in [7, 11) is 0. The van der Waals surface area contributed by atoms with Gasteiger partial charge in [-0.2, -0.15) is 8.78 Å². The number of hydrogen-bond acceptors (Lipinski definition) is 3. The maximum Gasteiger partial charge on any atom is 0.343 e. The highest BCUT2D eigenvalue weighted by Gasteiger charge is 2.10. The molecule has 0 aliphatic rings. The molecule has 3 nitrogen and oxygen atoms in total. The predicted molar refractivity (Wildman–Crippen MR) is 85.6 cm³/mol. The molecule has 0 aliphatic heterocycles. The van der Waals surface area contributed by atoms with Crippen LogP contribution in [0.1, 0.15) is 22.3 Å². The van der Waals surface area contributed by atoms with Crippen LogP contribution in [0.3, 0.4) is 0 Å². The van der Waals surface area contributed by atoms with Gasteiger partial charge in [0.25, 0.3) is 6.08 Å². The lowest BCUT2D eigenvalue weighted by Gasteiger charge is -2.06. The highest BCUT2D eigenvalue weighted by molar-refractivity contribution is 5.91. The zero-order valence-electron chi connectivity index (χ0n) is 12.6. The summed E-state index contributed by atoms with van der Waals surface area (Å²) < 4.78 is 42.5. The molecule has 0 atom stereocenters. The topological polar surface area (TPSA) is 38.7 Å². The molecule has 0 spiro atoms. The fourth-order valence-corrected chi connectivity index (χ4v) is 2.00. The maximum absolute atomic E-state index is 13.5. The van der Waals surface area contributed by atoms with Gasteiger partial charge in [0.15, 0.2) is 5.82 Å². The Bertz CT molecular complexity index is 766. The molecule has 0 saturated carbocycles. The Kier molecular flexibility index (Phi) is 5.89. The third kappa shape index (κ3) is 4.81. The summed E-state index contributed by atoms with van der Waals surface area (Å²) >= 11 is 0. The number of aliphatic imine (C=N–C) groups is 1. The molecule has 0 aliphatic carbocycles. The van der Waals surface area contributed by atoms with E-state index in [0.717, 1.165) is 17.7 Å². The number of carbonyl (C=O) groups is 1. The second-order valence-corrected chi connectivity index (χ2v) is 4.89. The normalized spacial score (nSPS) is 10.1. The zero-order chi connectivity index (χ0) is 17.5. The molecule has 0 N–H and O–H groups in total. The van der Waals surface area contributed by atoms with Crippen LogP contribution in [-0.4, -0.2) is 12.7 Å². The van der Waals surface area contributed by atoms with Crippen molar-refractivity contribution in [1.82, 2.24) is 0 Å². The van der Waals surface area contributed by atoms with Crippen molar-refractivity contribution in [3.8, 4) is 5.75 Å². The molecular formula is C18H14F3NO2. The molecule has 0 bridgehead atoms. The van der Waals surface area contributed by atoms with E-state index < -0.39 is 17.9 Å². The van der Waals surface area contributed by atoms with Gasteiger partial charge < -0.3 is 4.74 Å². The molecule has 24 heavy (non-hydrogen) atoms. The number of allylic oxidation sites excluding steroid dienone is 1. The van der Waals surface area contributed by atoms with Crippen molar-refractivity contribution in [3.63, 3.8) is 0 Å². The number of aryl methyl sites for hydroxylation is 1. The second-order valence-electron chi connectivity index (χ2n) is 4.89. The highest BCUT2D eigenvalue weighted by Crippen LogP contribution is 2.23. The molecule has 6 heteroatoms. The third-order valence-corrected chi connectivity index (χ3v) is 3.22. The molecule has 0 amide bonds. The van der Waals surface area contributed by atoms with Crippen molar-refractivity contribution < 1.29 is 22.7 Å². The van der Waals surface area contributed by atoms with Crippen molar-refractivity contribution in [2.45, 2.75) is 12.8 Å². The summed E-state index contributed by atoms with van der Waals surface area (Å²) in [5, 5.41) is 0. The van der Waals surface area contributed by atoms with E-state index in [9.17, 15) is 18.0 Å². The molecule has 2 rings (SSSR count). The van der Waals surface area contributed by atoms with Gasteiger partial charge in [0.2, 0.25) is 0 Å². The molecule has 0 radical (unpaired) electrons. The first-order valence-electron chi connectivity index (χ1n) is 7.08. The van der Waals surface area contributed by atoms with E-state index in [1.807, 2.05) is 0 Å². The molecule has 0 heterocycles. The summed E-state index contributed by atoms with van der Waals surface area (Å²) in [4.78, 5) is 15.5. The van der Waals surface area contributed by atoms with Gasteiger partial charge in [-0.1, -0.05) is 12.1 Å². The molecule has 0 saturated heterocycles. The van der Waals surface area contributed by atoms with Crippen LogP contribution >= 0.6 is 0 Å². The lowest BCUT2D eigenvalue weighted by Crippen LogP contribution is -2.08. The Morgan fingerprint density at radius 2 is 1.88 bits per heavy atom. The molecular weight excluding hydrogens is 319 g/mol. The average Bonchev–Trinajstić information content (AvgIpc) is 2.55. The number of carbonyl (C=O) groups excluding carboxylic acids is 1. The van der Waals surface area contributed by atoms with Crippen LogP contribution in [0.5, 0.6) is 5.75 Å². The van der Waals surface area contributed by atoms with E-state index in [-0.39, 0.29) is 23.4 Å². The van der Waals surface area contributed by atoms with Gasteiger partial charge in [0.1, 0.15) is 5.75 Å². The number of hydrogen-bond donors (Lipinski definition) is 0. The average molecular weight is 333 g/mol. The lowest BCUT2D eigenvalue weighted by atomic mass is 10.1. The number of esters is 1. The first-order valence-corrected chi connectivity index (χ1v) is 7.08. The van der Waals surface area contributed by atoms with Crippen LogP contribution in [0, 0.1) is 5.82 Å². The summed E-state index contributed by atoms with van der Waals surface area (Å²) in [6.07, 6.45) is -0.207. The van der Waals surface area contributed by atoms with Crippen molar-refractivity contribution in [2.75, 3.05) is 0 Å². The van der Waals surface area contributed by atoms with Crippen molar-refractivity contribution in [1.29, 1.82) is 0 Å². The Morgan fingerprint density at radius 3 is 2.46 bits per heavy atom. The van der Waals surface area contributed by atoms with Gasteiger partial charge in [-0.05, 0) is 55.5 Å². The standard InChI is InChI=1S/C18H14F3NO2/c1-22-16-10-9-14(11-15(16)19)24-18(23)13-7-5-12(6-8-13)3-2-4-17(20)21/h4-11H,1-3H2. The minimum Gasteiger partial charge on any atom is -0.423 e. The van der Waals surface area contributed by atoms with Crippen molar-refractivity contribution in [2.24, 2.45) is 4.99 Å². The predicted octanol–water partition coefficient (Wildman–Crippen LogP) is 5.09. The summed E-state index contributed by atoms with van der Waals surface area (Å²) in [6, 6.07) is 10.2. The number of nitrogens with zero attached hydrogens (tertiary/aromatic N) is 1. The lowest BCUT2D eigenvalue weighted by molar-refractivity contribution is 0.0734. The molecule has 2 aromatic rings. The Hall–Kier alpha value is -2.89. The minimum atomic E-state index is -1.71. The van der Waals surface area contributed by atoms with Gasteiger partial charge in [-0.25, -0.2) is 9.18 Å². The van der Waals surface area contributed by atoms with Gasteiger partial charge in [0.05, 0.1) is 11.3 Å². The second kappa shape index (κ2) is 8.10. The van der Waals surface area contributed by atoms with E-state index in [1.54, 1.807) is 12.1 Å². The van der Waals surface area contributed by atoms with E-state index in [4.69, 9.17) is 4.74 Å². The van der Waals surface area contributed by atoms with E-state index >= 15 is 0 Å². The molecule has 0 aromatic heterocycles. The van der Waals surface area contributed by atoms with Crippen LogP contribution in [0.25, 0.3) is 0 Å². The van der Waals surface area contributed by atoms with E-state index in [1.165, 1.54) is 24.3 Å². The van der Waals surface area contributed by atoms with Gasteiger partial charge >= 0.3 is 5.97 Å². The summed E-state index contributed by atoms with van der Waals surface area (Å²) in [6.45, 7) is 3.23. The van der Waals surface area contributed by atoms with Gasteiger partial charge in [-0.3, -0.25) is 4.99 Å². The van der Waals surface area contributed by atoms with Crippen LogP contribution < -0.4 is 4.74 Å². The first-order chi connectivity index (χ1) is 11.5. The Morgan fingerprint density at radius 1 is 1.17 bits per heavy atom. The largest absolute Gasteiger partial charge is 0.423 e. The van der Waals surface area contributed by atoms with E-state index in [2.05, 4.69) is 11.7 Å². The fourth-order valence-electron chi connectivity index (χ4n) is 2.00. The molecule has 124 valence electrons. The Balaban J connectivity index is 2.01. The minimum absolute atomic E-state index is 0.0533. The molecule has 2 aromatic carbocycles. The zero-order valence-corrected chi connectivity index (χ0v) is 12.6. The van der Waals surface area contributed by atoms with E-state index in [0.29, 0.717) is 6.42 Å². The first kappa shape index (κ1) is 17.5. The quantitative estimate of drug-likeness (QED) is 0.419. The van der Waals surface area contributed by atoms with Gasteiger partial charge in [-0.15, -0.1) is 0 Å². The monoisotopic (exact) mass is 333 g/mol. The Labute approximate surface area is 137 Å². The number of rotatable bonds is 6. The third-order valence-electron chi connectivity index (χ3n) is 3.22. The summed E-state index contributed by atoms with van der Waals surface area (Å²) in [5.74, 6) is -1.23. The SMILES string of the molecule is C=Nc1ccc(OC(=O)c2ccc(CCC=C(F)F)cc2)cc1F. The van der Waals surface area contributed by atoms with Crippen LogP contribution in [0.15, 0.2) is 59.6 Å². The maximum atomic E-state index is 13.5. The summed E-state index contributed by atoms with van der Waals surface area (Å²) in [5.41, 5.74) is 1.16. The van der Waals surface area contributed by atoms with Gasteiger partial charge in [0, 0.05) is 6.07 Å². The smallest absolute Gasteiger partial charge is 0.343 e. The number of benzene rings is 2. The number of halogens is 3.